The van der Waals surface area contributed by atoms with E-state index < -0.39 is 17.7 Å². The second-order valence-corrected chi connectivity index (χ2v) is 4.65. The molecule has 1 aromatic rings. The van der Waals surface area contributed by atoms with E-state index in [2.05, 4.69) is 0 Å². The number of carbonyl (C=O) groups is 2. The van der Waals surface area contributed by atoms with Crippen molar-refractivity contribution in [2.75, 3.05) is 19.6 Å². The Morgan fingerprint density at radius 2 is 1.75 bits per heavy atom. The van der Waals surface area contributed by atoms with E-state index in [9.17, 15) is 14.0 Å². The summed E-state index contributed by atoms with van der Waals surface area (Å²) in [4.78, 5) is 25.3. The number of ketones is 1. The van der Waals surface area contributed by atoms with Crippen molar-refractivity contribution in [1.82, 2.24) is 4.90 Å². The van der Waals surface area contributed by atoms with Crippen LogP contribution in [0.4, 0.5) is 4.39 Å². The summed E-state index contributed by atoms with van der Waals surface area (Å²) in [7, 11) is 0. The van der Waals surface area contributed by atoms with Crippen molar-refractivity contribution >= 4 is 11.8 Å². The standard InChI is InChI=1S/C15H20FNO3/c1-3-17(4-2)10-12(9-14(18)19)15(20)11-5-7-13(16)8-6-11/h5-8,12H,3-4,9-10H2,1-2H3,(H,18,19). The van der Waals surface area contributed by atoms with Crippen LogP contribution in [0.25, 0.3) is 0 Å². The maximum Gasteiger partial charge on any atom is 0.304 e. The van der Waals surface area contributed by atoms with Gasteiger partial charge in [0.15, 0.2) is 5.78 Å². The van der Waals surface area contributed by atoms with Gasteiger partial charge in [0.05, 0.1) is 6.42 Å². The molecule has 1 N–H and O–H groups in total. The highest BCUT2D eigenvalue weighted by Crippen LogP contribution is 2.15. The zero-order valence-corrected chi connectivity index (χ0v) is 11.8. The quantitative estimate of drug-likeness (QED) is 0.744. The lowest BCUT2D eigenvalue weighted by molar-refractivity contribution is -0.137. The molecule has 20 heavy (non-hydrogen) atoms. The Morgan fingerprint density at radius 3 is 2.20 bits per heavy atom. The van der Waals surface area contributed by atoms with Crippen molar-refractivity contribution in [2.24, 2.45) is 5.92 Å². The maximum atomic E-state index is 12.9. The third-order valence-electron chi connectivity index (χ3n) is 3.29. The molecule has 0 aromatic heterocycles. The summed E-state index contributed by atoms with van der Waals surface area (Å²) in [5, 5.41) is 8.95. The van der Waals surface area contributed by atoms with Crippen LogP contribution in [0.5, 0.6) is 0 Å². The molecule has 0 fully saturated rings. The summed E-state index contributed by atoms with van der Waals surface area (Å²) < 4.78 is 12.9. The first-order chi connectivity index (χ1) is 9.47. The number of carboxylic acid groups (broad SMARTS) is 1. The van der Waals surface area contributed by atoms with Crippen LogP contribution in [0, 0.1) is 11.7 Å². The maximum absolute atomic E-state index is 12.9. The molecule has 0 spiro atoms. The molecule has 1 aromatic carbocycles. The third-order valence-corrected chi connectivity index (χ3v) is 3.29. The Hall–Kier alpha value is -1.75. The molecule has 0 radical (unpaired) electrons. The van der Waals surface area contributed by atoms with Crippen molar-refractivity contribution in [3.63, 3.8) is 0 Å². The van der Waals surface area contributed by atoms with Crippen LogP contribution in [0.15, 0.2) is 24.3 Å². The zero-order valence-electron chi connectivity index (χ0n) is 11.8. The summed E-state index contributed by atoms with van der Waals surface area (Å²) in [6.45, 7) is 5.83. The number of nitrogens with zero attached hydrogens (tertiary/aromatic N) is 1. The Labute approximate surface area is 118 Å². The smallest absolute Gasteiger partial charge is 0.304 e. The van der Waals surface area contributed by atoms with Gasteiger partial charge in [-0.1, -0.05) is 13.8 Å². The second kappa shape index (κ2) is 7.75. The lowest BCUT2D eigenvalue weighted by Gasteiger charge is -2.23. The van der Waals surface area contributed by atoms with Crippen molar-refractivity contribution in [2.45, 2.75) is 20.3 Å². The highest BCUT2D eigenvalue weighted by Gasteiger charge is 2.24. The molecule has 1 rings (SSSR count). The van der Waals surface area contributed by atoms with Gasteiger partial charge in [-0.3, -0.25) is 9.59 Å². The van der Waals surface area contributed by atoms with Gasteiger partial charge < -0.3 is 10.0 Å². The first-order valence-electron chi connectivity index (χ1n) is 6.71. The second-order valence-electron chi connectivity index (χ2n) is 4.65. The van der Waals surface area contributed by atoms with E-state index >= 15 is 0 Å². The number of halogens is 1. The summed E-state index contributed by atoms with van der Waals surface area (Å²) >= 11 is 0. The monoisotopic (exact) mass is 281 g/mol. The summed E-state index contributed by atoms with van der Waals surface area (Å²) in [6.07, 6.45) is -0.216. The molecule has 0 aliphatic rings. The van der Waals surface area contributed by atoms with E-state index in [0.29, 0.717) is 12.1 Å². The summed E-state index contributed by atoms with van der Waals surface area (Å²) in [5.74, 6) is -2.28. The Morgan fingerprint density at radius 1 is 1.20 bits per heavy atom. The predicted molar refractivity (Wildman–Crippen MR) is 74.3 cm³/mol. The van der Waals surface area contributed by atoms with E-state index in [1.54, 1.807) is 0 Å². The Kier molecular flexibility index (Phi) is 6.31. The Bertz CT molecular complexity index is 455. The van der Waals surface area contributed by atoms with Gasteiger partial charge in [0, 0.05) is 18.0 Å². The fraction of sp³-hybridized carbons (Fsp3) is 0.467. The number of carboxylic acids is 1. The highest BCUT2D eigenvalue weighted by molar-refractivity contribution is 5.99. The number of rotatable bonds is 8. The summed E-state index contributed by atoms with van der Waals surface area (Å²) in [5.41, 5.74) is 0.352. The molecule has 0 amide bonds. The number of benzene rings is 1. The van der Waals surface area contributed by atoms with Crippen LogP contribution in [0.2, 0.25) is 0 Å². The van der Waals surface area contributed by atoms with Gasteiger partial charge in [-0.05, 0) is 37.4 Å². The molecular formula is C15H20FNO3. The van der Waals surface area contributed by atoms with Crippen LogP contribution >= 0.6 is 0 Å². The van der Waals surface area contributed by atoms with E-state index in [1.807, 2.05) is 18.7 Å². The molecule has 0 aliphatic carbocycles. The van der Waals surface area contributed by atoms with Crippen LogP contribution in [0.1, 0.15) is 30.6 Å². The van der Waals surface area contributed by atoms with Gasteiger partial charge in [-0.15, -0.1) is 0 Å². The van der Waals surface area contributed by atoms with Gasteiger partial charge in [0.1, 0.15) is 5.82 Å². The van der Waals surface area contributed by atoms with E-state index in [0.717, 1.165) is 13.1 Å². The van der Waals surface area contributed by atoms with E-state index in [1.165, 1.54) is 24.3 Å². The van der Waals surface area contributed by atoms with Crippen LogP contribution in [0.3, 0.4) is 0 Å². The van der Waals surface area contributed by atoms with Crippen LogP contribution < -0.4 is 0 Å². The first-order valence-corrected chi connectivity index (χ1v) is 6.71. The van der Waals surface area contributed by atoms with Gasteiger partial charge in [0.25, 0.3) is 0 Å². The van der Waals surface area contributed by atoms with Gasteiger partial charge >= 0.3 is 5.97 Å². The van der Waals surface area contributed by atoms with Crippen molar-refractivity contribution in [1.29, 1.82) is 0 Å². The summed E-state index contributed by atoms with van der Waals surface area (Å²) in [6, 6.07) is 5.22. The molecular weight excluding hydrogens is 261 g/mol. The molecule has 0 aliphatic heterocycles. The molecule has 1 atom stereocenters. The first kappa shape index (κ1) is 16.3. The molecule has 4 nitrogen and oxygen atoms in total. The minimum Gasteiger partial charge on any atom is -0.481 e. The van der Waals surface area contributed by atoms with Crippen LogP contribution in [-0.2, 0) is 4.79 Å². The number of Topliss-reactive ketones (excluding diaryl/α,β-unsaturated/α-hetero) is 1. The fourth-order valence-corrected chi connectivity index (χ4v) is 2.09. The molecule has 0 bridgehead atoms. The molecule has 110 valence electrons. The third kappa shape index (κ3) is 4.74. The highest BCUT2D eigenvalue weighted by atomic mass is 19.1. The van der Waals surface area contributed by atoms with E-state index in [-0.39, 0.29) is 12.2 Å². The fourth-order valence-electron chi connectivity index (χ4n) is 2.09. The van der Waals surface area contributed by atoms with Crippen molar-refractivity contribution in [3.8, 4) is 0 Å². The number of carbonyl (C=O) groups excluding carboxylic acids is 1. The predicted octanol–water partition coefficient (Wildman–Crippen LogP) is 2.44. The lowest BCUT2D eigenvalue weighted by Crippen LogP contribution is -2.34. The number of hydrogen-bond donors (Lipinski definition) is 1. The number of hydrogen-bond acceptors (Lipinski definition) is 3. The molecule has 0 saturated carbocycles. The van der Waals surface area contributed by atoms with Gasteiger partial charge in [0.2, 0.25) is 0 Å². The molecule has 5 heteroatoms. The minimum absolute atomic E-state index is 0.216. The largest absolute Gasteiger partial charge is 0.481 e. The Balaban J connectivity index is 2.88. The normalized spacial score (nSPS) is 12.4. The number of aliphatic carboxylic acids is 1. The average molecular weight is 281 g/mol. The molecule has 0 saturated heterocycles. The van der Waals surface area contributed by atoms with Crippen molar-refractivity contribution < 1.29 is 19.1 Å². The topological polar surface area (TPSA) is 57.6 Å². The van der Waals surface area contributed by atoms with E-state index in [4.69, 9.17) is 5.11 Å². The van der Waals surface area contributed by atoms with Crippen LogP contribution in [-0.4, -0.2) is 41.4 Å². The van der Waals surface area contributed by atoms with Gasteiger partial charge in [-0.2, -0.15) is 0 Å². The SMILES string of the molecule is CCN(CC)CC(CC(=O)O)C(=O)c1ccc(F)cc1. The lowest BCUT2D eigenvalue weighted by atomic mass is 9.94. The average Bonchev–Trinajstić information content (AvgIpc) is 2.43. The zero-order chi connectivity index (χ0) is 15.1. The molecule has 1 unspecified atom stereocenters. The minimum atomic E-state index is -1.00. The van der Waals surface area contributed by atoms with Gasteiger partial charge in [-0.25, -0.2) is 4.39 Å². The van der Waals surface area contributed by atoms with Crippen molar-refractivity contribution in [3.05, 3.63) is 35.6 Å². The molecule has 0 heterocycles.